The molecule has 0 aliphatic carbocycles. The zero-order valence-corrected chi connectivity index (χ0v) is 8.30. The second-order valence-electron chi connectivity index (χ2n) is 2.73. The lowest BCUT2D eigenvalue weighted by Crippen LogP contribution is -2.04. The molecule has 1 heterocycles. The number of aliphatic hydroxyl groups excluding tert-OH is 1. The SMILES string of the molecule is N#Cc1cc(CO)c(C(F)F)nc1CCl. The fourth-order valence-corrected chi connectivity index (χ4v) is 1.33. The van der Waals surface area contributed by atoms with Gasteiger partial charge in [-0.3, -0.25) is 0 Å². The van der Waals surface area contributed by atoms with Gasteiger partial charge < -0.3 is 5.11 Å². The number of hydrogen-bond acceptors (Lipinski definition) is 3. The molecule has 0 aliphatic rings. The Morgan fingerprint density at radius 3 is 2.67 bits per heavy atom. The standard InChI is InChI=1S/C9H7ClF2N2O/c10-2-7-5(3-13)1-6(4-15)8(14-7)9(11)12/h1,9,15H,2,4H2. The molecule has 0 unspecified atom stereocenters. The molecule has 80 valence electrons. The van der Waals surface area contributed by atoms with E-state index in [9.17, 15) is 8.78 Å². The van der Waals surface area contributed by atoms with Gasteiger partial charge in [0.2, 0.25) is 0 Å². The topological polar surface area (TPSA) is 56.9 Å². The Hall–Kier alpha value is -1.25. The van der Waals surface area contributed by atoms with Crippen LogP contribution in [0, 0.1) is 11.3 Å². The van der Waals surface area contributed by atoms with Gasteiger partial charge in [0.05, 0.1) is 23.7 Å². The third-order valence-corrected chi connectivity index (χ3v) is 2.09. The molecular formula is C9H7ClF2N2O. The maximum Gasteiger partial charge on any atom is 0.280 e. The highest BCUT2D eigenvalue weighted by Crippen LogP contribution is 2.23. The molecule has 3 nitrogen and oxygen atoms in total. The van der Waals surface area contributed by atoms with Crippen LogP contribution in [0.5, 0.6) is 0 Å². The third kappa shape index (κ3) is 2.41. The monoisotopic (exact) mass is 232 g/mol. The number of nitriles is 1. The number of aromatic nitrogens is 1. The molecule has 0 amide bonds. The quantitative estimate of drug-likeness (QED) is 0.812. The van der Waals surface area contributed by atoms with E-state index in [1.54, 1.807) is 6.07 Å². The summed E-state index contributed by atoms with van der Waals surface area (Å²) in [4.78, 5) is 3.57. The summed E-state index contributed by atoms with van der Waals surface area (Å²) in [5.41, 5.74) is -0.354. The van der Waals surface area contributed by atoms with Gasteiger partial charge in [-0.2, -0.15) is 5.26 Å². The van der Waals surface area contributed by atoms with E-state index in [4.69, 9.17) is 22.0 Å². The van der Waals surface area contributed by atoms with Gasteiger partial charge in [-0.1, -0.05) is 0 Å². The van der Waals surface area contributed by atoms with E-state index in [1.165, 1.54) is 6.07 Å². The summed E-state index contributed by atoms with van der Waals surface area (Å²) in [6.45, 7) is -0.579. The number of alkyl halides is 3. The fourth-order valence-electron chi connectivity index (χ4n) is 1.12. The minimum absolute atomic E-state index is 0.0459. The Kier molecular flexibility index (Phi) is 3.95. The van der Waals surface area contributed by atoms with Crippen molar-refractivity contribution in [2.75, 3.05) is 0 Å². The maximum atomic E-state index is 12.5. The van der Waals surface area contributed by atoms with Crippen molar-refractivity contribution in [3.05, 3.63) is 28.6 Å². The number of hydrogen-bond donors (Lipinski definition) is 1. The maximum absolute atomic E-state index is 12.5. The zero-order chi connectivity index (χ0) is 11.4. The average molecular weight is 233 g/mol. The van der Waals surface area contributed by atoms with Crippen molar-refractivity contribution in [3.8, 4) is 6.07 Å². The first-order valence-electron chi connectivity index (χ1n) is 4.01. The van der Waals surface area contributed by atoms with Gasteiger partial charge >= 0.3 is 0 Å². The van der Waals surface area contributed by atoms with Crippen molar-refractivity contribution >= 4 is 11.6 Å². The van der Waals surface area contributed by atoms with Crippen LogP contribution in [0.25, 0.3) is 0 Å². The molecule has 0 saturated carbocycles. The summed E-state index contributed by atoms with van der Waals surface area (Å²) in [5.74, 6) is -0.117. The van der Waals surface area contributed by atoms with E-state index in [0.717, 1.165) is 0 Å². The van der Waals surface area contributed by atoms with Crippen LogP contribution in [0.1, 0.15) is 28.9 Å². The van der Waals surface area contributed by atoms with Crippen molar-refractivity contribution in [1.29, 1.82) is 5.26 Å². The van der Waals surface area contributed by atoms with Crippen LogP contribution in [0.15, 0.2) is 6.07 Å². The largest absolute Gasteiger partial charge is 0.392 e. The molecule has 0 spiro atoms. The van der Waals surface area contributed by atoms with Gasteiger partial charge in [-0.25, -0.2) is 13.8 Å². The molecule has 0 saturated heterocycles. The summed E-state index contributed by atoms with van der Waals surface area (Å²) < 4.78 is 24.9. The Labute approximate surface area is 89.9 Å². The molecular weight excluding hydrogens is 226 g/mol. The summed E-state index contributed by atoms with van der Waals surface area (Å²) in [7, 11) is 0. The van der Waals surface area contributed by atoms with E-state index in [1.807, 2.05) is 0 Å². The number of aliphatic hydroxyl groups is 1. The van der Waals surface area contributed by atoms with Gasteiger partial charge in [0.25, 0.3) is 6.43 Å². The first-order valence-corrected chi connectivity index (χ1v) is 4.55. The second kappa shape index (κ2) is 5.01. The molecule has 6 heteroatoms. The molecule has 0 atom stereocenters. The van der Waals surface area contributed by atoms with Crippen molar-refractivity contribution < 1.29 is 13.9 Å². The normalized spacial score (nSPS) is 10.4. The molecule has 15 heavy (non-hydrogen) atoms. The van der Waals surface area contributed by atoms with E-state index in [0.29, 0.717) is 0 Å². The van der Waals surface area contributed by atoms with Gasteiger partial charge in [-0.15, -0.1) is 11.6 Å². The van der Waals surface area contributed by atoms with Crippen LogP contribution in [-0.2, 0) is 12.5 Å². The molecule has 0 aliphatic heterocycles. The lowest BCUT2D eigenvalue weighted by molar-refractivity contribution is 0.141. The highest BCUT2D eigenvalue weighted by molar-refractivity contribution is 6.17. The van der Waals surface area contributed by atoms with Crippen molar-refractivity contribution in [2.24, 2.45) is 0 Å². The summed E-state index contributed by atoms with van der Waals surface area (Å²) in [6, 6.07) is 2.97. The number of rotatable bonds is 3. The highest BCUT2D eigenvalue weighted by atomic mass is 35.5. The van der Waals surface area contributed by atoms with Crippen LogP contribution < -0.4 is 0 Å². The van der Waals surface area contributed by atoms with Crippen molar-refractivity contribution in [2.45, 2.75) is 18.9 Å². The van der Waals surface area contributed by atoms with Gasteiger partial charge in [0.1, 0.15) is 11.8 Å². The van der Waals surface area contributed by atoms with Crippen LogP contribution in [-0.4, -0.2) is 10.1 Å². The first-order chi connectivity index (χ1) is 7.13. The first kappa shape index (κ1) is 11.8. The number of halogens is 3. The van der Waals surface area contributed by atoms with E-state index in [-0.39, 0.29) is 22.7 Å². The summed E-state index contributed by atoms with van der Waals surface area (Å²) in [6.07, 6.45) is -2.79. The average Bonchev–Trinajstić information content (AvgIpc) is 2.26. The Balaban J connectivity index is 3.36. The van der Waals surface area contributed by atoms with Gasteiger partial charge in [0, 0.05) is 5.56 Å². The predicted molar refractivity (Wildman–Crippen MR) is 49.4 cm³/mol. The minimum atomic E-state index is -2.79. The Bertz CT molecular complexity index is 404. The van der Waals surface area contributed by atoms with E-state index < -0.39 is 18.7 Å². The molecule has 1 rings (SSSR count). The van der Waals surface area contributed by atoms with E-state index >= 15 is 0 Å². The van der Waals surface area contributed by atoms with E-state index in [2.05, 4.69) is 4.98 Å². The molecule has 1 aromatic rings. The minimum Gasteiger partial charge on any atom is -0.392 e. The summed E-state index contributed by atoms with van der Waals surface area (Å²) >= 11 is 5.46. The Morgan fingerprint density at radius 2 is 2.27 bits per heavy atom. The molecule has 0 fully saturated rings. The van der Waals surface area contributed by atoms with Crippen LogP contribution in [0.4, 0.5) is 8.78 Å². The van der Waals surface area contributed by atoms with Crippen LogP contribution in [0.2, 0.25) is 0 Å². The Morgan fingerprint density at radius 1 is 1.60 bits per heavy atom. The lowest BCUT2D eigenvalue weighted by atomic mass is 10.1. The number of nitrogens with zero attached hydrogens (tertiary/aromatic N) is 2. The lowest BCUT2D eigenvalue weighted by Gasteiger charge is -2.08. The van der Waals surface area contributed by atoms with Crippen LogP contribution in [0.3, 0.4) is 0 Å². The van der Waals surface area contributed by atoms with Gasteiger partial charge in [-0.05, 0) is 6.07 Å². The molecule has 0 bridgehead atoms. The van der Waals surface area contributed by atoms with Crippen LogP contribution >= 0.6 is 11.6 Å². The number of pyridine rings is 1. The molecule has 1 N–H and O–H groups in total. The van der Waals surface area contributed by atoms with Crippen molar-refractivity contribution in [1.82, 2.24) is 4.98 Å². The molecule has 1 aromatic heterocycles. The van der Waals surface area contributed by atoms with Gasteiger partial charge in [0.15, 0.2) is 0 Å². The summed E-state index contributed by atoms with van der Waals surface area (Å²) in [5, 5.41) is 17.5. The second-order valence-corrected chi connectivity index (χ2v) is 3.00. The zero-order valence-electron chi connectivity index (χ0n) is 7.54. The van der Waals surface area contributed by atoms with Crippen molar-refractivity contribution in [3.63, 3.8) is 0 Å². The molecule has 0 aromatic carbocycles. The third-order valence-electron chi connectivity index (χ3n) is 1.84. The predicted octanol–water partition coefficient (Wildman–Crippen LogP) is 2.12. The highest BCUT2D eigenvalue weighted by Gasteiger charge is 2.17. The molecule has 0 radical (unpaired) electrons. The fraction of sp³-hybridized carbons (Fsp3) is 0.333. The smallest absolute Gasteiger partial charge is 0.280 e.